The first kappa shape index (κ1) is 14.2. The van der Waals surface area contributed by atoms with E-state index in [1.807, 2.05) is 23.9 Å². The zero-order valence-electron chi connectivity index (χ0n) is 11.2. The van der Waals surface area contributed by atoms with Gasteiger partial charge in [0.05, 0.1) is 18.5 Å². The minimum atomic E-state index is -3.14. The van der Waals surface area contributed by atoms with Crippen LogP contribution in [-0.2, 0) is 16.6 Å². The minimum absolute atomic E-state index is 0.351. The molecule has 7 heteroatoms. The third kappa shape index (κ3) is 3.43. The van der Waals surface area contributed by atoms with Crippen LogP contribution in [0.15, 0.2) is 16.8 Å². The standard InChI is InChI=1S/C12H17N3O2S2/c1-9-12(11-4-7-18-8-11)10(2)15(14-9)6-5-13-19(3,16)17/h4,7-8,13H,5-6H2,1-3H3. The quantitative estimate of drug-likeness (QED) is 0.915. The Morgan fingerprint density at radius 2 is 2.16 bits per heavy atom. The molecule has 0 aliphatic heterocycles. The molecule has 0 aliphatic rings. The number of aryl methyl sites for hydroxylation is 1. The molecule has 0 bridgehead atoms. The Labute approximate surface area is 117 Å². The molecular weight excluding hydrogens is 282 g/mol. The lowest BCUT2D eigenvalue weighted by Gasteiger charge is -2.05. The number of rotatable bonds is 5. The SMILES string of the molecule is Cc1nn(CCNS(C)(=O)=O)c(C)c1-c1ccsc1. The van der Waals surface area contributed by atoms with Crippen molar-refractivity contribution in [1.29, 1.82) is 0 Å². The highest BCUT2D eigenvalue weighted by molar-refractivity contribution is 7.88. The number of hydrogen-bond donors (Lipinski definition) is 1. The van der Waals surface area contributed by atoms with Crippen LogP contribution in [0.2, 0.25) is 0 Å². The summed E-state index contributed by atoms with van der Waals surface area (Å²) in [6.07, 6.45) is 1.16. The zero-order valence-corrected chi connectivity index (χ0v) is 12.8. The third-order valence-corrected chi connectivity index (χ3v) is 4.29. The maximum atomic E-state index is 11.0. The van der Waals surface area contributed by atoms with Crippen molar-refractivity contribution in [2.75, 3.05) is 12.8 Å². The van der Waals surface area contributed by atoms with Crippen molar-refractivity contribution < 1.29 is 8.42 Å². The van der Waals surface area contributed by atoms with Crippen LogP contribution in [0.4, 0.5) is 0 Å². The van der Waals surface area contributed by atoms with E-state index >= 15 is 0 Å². The van der Waals surface area contributed by atoms with E-state index in [0.29, 0.717) is 13.1 Å². The fourth-order valence-corrected chi connectivity index (χ4v) is 3.18. The molecule has 19 heavy (non-hydrogen) atoms. The lowest BCUT2D eigenvalue weighted by Crippen LogP contribution is -2.26. The molecule has 0 unspecified atom stereocenters. The van der Waals surface area contributed by atoms with Gasteiger partial charge in [0.25, 0.3) is 0 Å². The average molecular weight is 299 g/mol. The van der Waals surface area contributed by atoms with E-state index in [4.69, 9.17) is 0 Å². The van der Waals surface area contributed by atoms with E-state index in [1.54, 1.807) is 11.3 Å². The molecule has 2 rings (SSSR count). The van der Waals surface area contributed by atoms with E-state index < -0.39 is 10.0 Å². The van der Waals surface area contributed by atoms with Gasteiger partial charge < -0.3 is 0 Å². The number of aromatic nitrogens is 2. The second kappa shape index (κ2) is 5.44. The first-order chi connectivity index (χ1) is 8.88. The second-order valence-corrected chi connectivity index (χ2v) is 7.06. The van der Waals surface area contributed by atoms with Crippen LogP contribution in [0.5, 0.6) is 0 Å². The molecule has 2 aromatic heterocycles. The summed E-state index contributed by atoms with van der Waals surface area (Å²) < 4.78 is 26.4. The Morgan fingerprint density at radius 3 is 2.74 bits per heavy atom. The molecule has 2 heterocycles. The van der Waals surface area contributed by atoms with Crippen LogP contribution >= 0.6 is 11.3 Å². The fraction of sp³-hybridized carbons (Fsp3) is 0.417. The van der Waals surface area contributed by atoms with Crippen LogP contribution in [0, 0.1) is 13.8 Å². The zero-order chi connectivity index (χ0) is 14.0. The first-order valence-electron chi connectivity index (χ1n) is 5.89. The topological polar surface area (TPSA) is 64.0 Å². The van der Waals surface area contributed by atoms with E-state index in [2.05, 4.69) is 21.3 Å². The molecule has 0 amide bonds. The van der Waals surface area contributed by atoms with Crippen molar-refractivity contribution >= 4 is 21.4 Å². The monoisotopic (exact) mass is 299 g/mol. The fourth-order valence-electron chi connectivity index (χ4n) is 2.08. The first-order valence-corrected chi connectivity index (χ1v) is 8.73. The van der Waals surface area contributed by atoms with Crippen LogP contribution < -0.4 is 4.72 Å². The highest BCUT2D eigenvalue weighted by Crippen LogP contribution is 2.28. The van der Waals surface area contributed by atoms with Crippen molar-refractivity contribution in [3.8, 4) is 11.1 Å². The highest BCUT2D eigenvalue weighted by Gasteiger charge is 2.13. The molecule has 0 aromatic carbocycles. The van der Waals surface area contributed by atoms with Crippen molar-refractivity contribution in [3.05, 3.63) is 28.2 Å². The van der Waals surface area contributed by atoms with Gasteiger partial charge in [-0.1, -0.05) is 0 Å². The molecule has 1 N–H and O–H groups in total. The Morgan fingerprint density at radius 1 is 1.42 bits per heavy atom. The summed E-state index contributed by atoms with van der Waals surface area (Å²) in [6.45, 7) is 4.86. The second-order valence-electron chi connectivity index (χ2n) is 4.45. The number of nitrogens with one attached hydrogen (secondary N) is 1. The summed E-state index contributed by atoms with van der Waals surface area (Å²) in [5.74, 6) is 0. The van der Waals surface area contributed by atoms with Gasteiger partial charge in [-0.3, -0.25) is 4.68 Å². The number of hydrogen-bond acceptors (Lipinski definition) is 4. The van der Waals surface area contributed by atoms with E-state index in [-0.39, 0.29) is 0 Å². The van der Waals surface area contributed by atoms with E-state index in [9.17, 15) is 8.42 Å². The molecule has 0 saturated heterocycles. The van der Waals surface area contributed by atoms with Crippen LogP contribution in [-0.4, -0.2) is 31.0 Å². The largest absolute Gasteiger partial charge is 0.268 e. The Hall–Kier alpha value is -1.18. The summed E-state index contributed by atoms with van der Waals surface area (Å²) in [4.78, 5) is 0. The molecule has 0 fully saturated rings. The molecular formula is C12H17N3O2S2. The molecule has 5 nitrogen and oxygen atoms in total. The summed E-state index contributed by atoms with van der Waals surface area (Å²) in [6, 6.07) is 2.07. The van der Waals surface area contributed by atoms with Gasteiger partial charge in [0.15, 0.2) is 0 Å². The van der Waals surface area contributed by atoms with Gasteiger partial charge in [-0.25, -0.2) is 13.1 Å². The molecule has 0 spiro atoms. The Bertz CT molecular complexity index is 657. The maximum Gasteiger partial charge on any atom is 0.208 e. The van der Waals surface area contributed by atoms with Crippen molar-refractivity contribution in [2.45, 2.75) is 20.4 Å². The molecule has 104 valence electrons. The summed E-state index contributed by atoms with van der Waals surface area (Å²) in [7, 11) is -3.14. The normalized spacial score (nSPS) is 11.9. The molecule has 0 saturated carbocycles. The van der Waals surface area contributed by atoms with Gasteiger partial charge in [-0.05, 0) is 36.2 Å². The lowest BCUT2D eigenvalue weighted by molar-refractivity contribution is 0.558. The van der Waals surface area contributed by atoms with Crippen molar-refractivity contribution in [3.63, 3.8) is 0 Å². The summed E-state index contributed by atoms with van der Waals surface area (Å²) in [5, 5.41) is 8.60. The predicted octanol–water partition coefficient (Wildman–Crippen LogP) is 1.78. The van der Waals surface area contributed by atoms with E-state index in [1.165, 1.54) is 5.56 Å². The Balaban J connectivity index is 2.18. The van der Waals surface area contributed by atoms with E-state index in [0.717, 1.165) is 23.2 Å². The van der Waals surface area contributed by atoms with Gasteiger partial charge in [-0.15, -0.1) is 0 Å². The predicted molar refractivity (Wildman–Crippen MR) is 77.9 cm³/mol. The van der Waals surface area contributed by atoms with Gasteiger partial charge in [0.2, 0.25) is 10.0 Å². The lowest BCUT2D eigenvalue weighted by atomic mass is 10.1. The molecule has 0 atom stereocenters. The summed E-state index contributed by atoms with van der Waals surface area (Å²) in [5.41, 5.74) is 4.34. The van der Waals surface area contributed by atoms with Gasteiger partial charge in [0.1, 0.15) is 0 Å². The van der Waals surface area contributed by atoms with Gasteiger partial charge >= 0.3 is 0 Å². The third-order valence-electron chi connectivity index (χ3n) is 2.88. The highest BCUT2D eigenvalue weighted by atomic mass is 32.2. The number of nitrogens with zero attached hydrogens (tertiary/aromatic N) is 2. The molecule has 0 aliphatic carbocycles. The molecule has 2 aromatic rings. The smallest absolute Gasteiger partial charge is 0.208 e. The van der Waals surface area contributed by atoms with Crippen molar-refractivity contribution in [1.82, 2.24) is 14.5 Å². The average Bonchev–Trinajstić information content (AvgIpc) is 2.87. The summed E-state index contributed by atoms with van der Waals surface area (Å²) >= 11 is 1.65. The number of thiophene rings is 1. The van der Waals surface area contributed by atoms with Gasteiger partial charge in [0, 0.05) is 17.8 Å². The van der Waals surface area contributed by atoms with Crippen LogP contribution in [0.3, 0.4) is 0 Å². The van der Waals surface area contributed by atoms with Crippen LogP contribution in [0.25, 0.3) is 11.1 Å². The van der Waals surface area contributed by atoms with Crippen molar-refractivity contribution in [2.24, 2.45) is 0 Å². The number of sulfonamides is 1. The van der Waals surface area contributed by atoms with Crippen LogP contribution in [0.1, 0.15) is 11.4 Å². The van der Waals surface area contributed by atoms with Gasteiger partial charge in [-0.2, -0.15) is 16.4 Å². The molecule has 0 radical (unpaired) electrons. The Kier molecular flexibility index (Phi) is 4.07. The maximum absolute atomic E-state index is 11.0. The minimum Gasteiger partial charge on any atom is -0.268 e.